The molecule has 3 aromatic rings. The molecule has 0 aliphatic carbocycles. The number of halogens is 3. The molecule has 11 heteroatoms. The first-order valence-corrected chi connectivity index (χ1v) is 11.1. The summed E-state index contributed by atoms with van der Waals surface area (Å²) in [6.45, 7) is 0. The molecule has 0 spiro atoms. The van der Waals surface area contributed by atoms with E-state index in [1.54, 1.807) is 24.3 Å². The molecule has 7 nitrogen and oxygen atoms in total. The van der Waals surface area contributed by atoms with E-state index < -0.39 is 0 Å². The highest BCUT2D eigenvalue weighted by molar-refractivity contribution is 9.11. The van der Waals surface area contributed by atoms with Gasteiger partial charge >= 0.3 is 0 Å². The Morgan fingerprint density at radius 1 is 1.28 bits per heavy atom. The Kier molecular flexibility index (Phi) is 7.33. The van der Waals surface area contributed by atoms with Crippen LogP contribution in [0, 0.1) is 0 Å². The molecule has 0 saturated heterocycles. The standard InChI is InChI=1S/C18H14Br2ClN5O2S/c1-26-17(11-2-4-12(21)5-3-11)24-25-18(26)29-9-15(27)23-22-8-10-6-13(19)16(28)14(20)7-10/h2-8,28H,9H2,1H3,(H,23,27). The van der Waals surface area contributed by atoms with E-state index in [4.69, 9.17) is 11.6 Å². The van der Waals surface area contributed by atoms with Crippen LogP contribution in [0.2, 0.25) is 5.02 Å². The molecule has 1 heterocycles. The Hall–Kier alpha value is -1.88. The second-order valence-corrected chi connectivity index (χ2v) is 8.87. The lowest BCUT2D eigenvalue weighted by Gasteiger charge is -2.04. The number of carbonyl (C=O) groups excluding carboxylic acids is 1. The summed E-state index contributed by atoms with van der Waals surface area (Å²) in [5, 5.41) is 23.2. The molecule has 0 unspecified atom stereocenters. The predicted molar refractivity (Wildman–Crippen MR) is 121 cm³/mol. The fourth-order valence-electron chi connectivity index (χ4n) is 2.29. The van der Waals surface area contributed by atoms with E-state index in [0.29, 0.717) is 30.5 Å². The number of carbonyl (C=O) groups is 1. The van der Waals surface area contributed by atoms with Crippen LogP contribution in [0.3, 0.4) is 0 Å². The Balaban J connectivity index is 1.56. The monoisotopic (exact) mass is 557 g/mol. The third kappa shape index (κ3) is 5.59. The molecule has 2 aromatic carbocycles. The highest BCUT2D eigenvalue weighted by Crippen LogP contribution is 2.32. The van der Waals surface area contributed by atoms with Gasteiger partial charge < -0.3 is 9.67 Å². The molecular weight excluding hydrogens is 546 g/mol. The van der Waals surface area contributed by atoms with Crippen molar-refractivity contribution in [1.82, 2.24) is 20.2 Å². The van der Waals surface area contributed by atoms with Gasteiger partial charge in [0.05, 0.1) is 20.9 Å². The zero-order chi connectivity index (χ0) is 21.0. The van der Waals surface area contributed by atoms with Crippen LogP contribution in [0.1, 0.15) is 5.56 Å². The second kappa shape index (κ2) is 9.75. The van der Waals surface area contributed by atoms with Gasteiger partial charge in [-0.1, -0.05) is 23.4 Å². The molecule has 29 heavy (non-hydrogen) atoms. The number of rotatable bonds is 6. The molecule has 0 atom stereocenters. The molecule has 0 aliphatic heterocycles. The maximum absolute atomic E-state index is 12.0. The van der Waals surface area contributed by atoms with E-state index in [2.05, 4.69) is 52.6 Å². The minimum absolute atomic E-state index is 0.101. The molecule has 1 amide bonds. The first-order chi connectivity index (χ1) is 13.8. The van der Waals surface area contributed by atoms with Gasteiger partial charge in [-0.15, -0.1) is 10.2 Å². The number of nitrogens with zero attached hydrogens (tertiary/aromatic N) is 4. The van der Waals surface area contributed by atoms with E-state index in [-0.39, 0.29) is 17.4 Å². The summed E-state index contributed by atoms with van der Waals surface area (Å²) in [5.74, 6) is 0.641. The molecule has 2 N–H and O–H groups in total. The summed E-state index contributed by atoms with van der Waals surface area (Å²) in [6.07, 6.45) is 1.48. The minimum Gasteiger partial charge on any atom is -0.506 e. The summed E-state index contributed by atoms with van der Waals surface area (Å²) >= 11 is 13.7. The van der Waals surface area contributed by atoms with E-state index in [1.165, 1.54) is 18.0 Å². The lowest BCUT2D eigenvalue weighted by Crippen LogP contribution is -2.19. The molecule has 3 rings (SSSR count). The van der Waals surface area contributed by atoms with Crippen molar-refractivity contribution < 1.29 is 9.90 Å². The molecule has 1 aromatic heterocycles. The lowest BCUT2D eigenvalue weighted by atomic mass is 10.2. The Labute approximate surface area is 192 Å². The quantitative estimate of drug-likeness (QED) is 0.262. The van der Waals surface area contributed by atoms with Crippen molar-refractivity contribution in [1.29, 1.82) is 0 Å². The van der Waals surface area contributed by atoms with Crippen molar-refractivity contribution in [2.45, 2.75) is 5.16 Å². The van der Waals surface area contributed by atoms with Crippen molar-refractivity contribution in [2.75, 3.05) is 5.75 Å². The van der Waals surface area contributed by atoms with Gasteiger partial charge in [0.15, 0.2) is 11.0 Å². The van der Waals surface area contributed by atoms with Gasteiger partial charge in [-0.2, -0.15) is 5.10 Å². The first-order valence-electron chi connectivity index (χ1n) is 8.13. The van der Waals surface area contributed by atoms with Crippen LogP contribution < -0.4 is 5.43 Å². The normalized spacial score (nSPS) is 11.2. The number of hydrogen-bond acceptors (Lipinski definition) is 6. The Morgan fingerprint density at radius 3 is 2.59 bits per heavy atom. The summed E-state index contributed by atoms with van der Waals surface area (Å²) in [7, 11) is 1.84. The topological polar surface area (TPSA) is 92.4 Å². The summed E-state index contributed by atoms with van der Waals surface area (Å²) < 4.78 is 2.86. The van der Waals surface area contributed by atoms with Crippen molar-refractivity contribution in [3.63, 3.8) is 0 Å². The third-order valence-corrected chi connectivity index (χ3v) is 6.19. The molecule has 0 radical (unpaired) electrons. The highest BCUT2D eigenvalue weighted by atomic mass is 79.9. The van der Waals surface area contributed by atoms with Crippen LogP contribution in [-0.4, -0.2) is 37.7 Å². The predicted octanol–water partition coefficient (Wildman–Crippen LogP) is 4.61. The fraction of sp³-hybridized carbons (Fsp3) is 0.111. The van der Waals surface area contributed by atoms with Gasteiger partial charge in [0.2, 0.25) is 0 Å². The zero-order valence-electron chi connectivity index (χ0n) is 14.9. The molecule has 150 valence electrons. The maximum atomic E-state index is 12.0. The van der Waals surface area contributed by atoms with Gasteiger partial charge in [0.25, 0.3) is 5.91 Å². The zero-order valence-corrected chi connectivity index (χ0v) is 19.7. The number of amides is 1. The van der Waals surface area contributed by atoms with Crippen molar-refractivity contribution in [3.05, 3.63) is 55.9 Å². The average Bonchev–Trinajstić information content (AvgIpc) is 3.05. The van der Waals surface area contributed by atoms with Crippen LogP contribution in [0.25, 0.3) is 11.4 Å². The number of benzene rings is 2. The smallest absolute Gasteiger partial charge is 0.250 e. The third-order valence-electron chi connectivity index (χ3n) is 3.71. The largest absolute Gasteiger partial charge is 0.506 e. The van der Waals surface area contributed by atoms with Gasteiger partial charge in [-0.3, -0.25) is 4.79 Å². The number of nitrogens with one attached hydrogen (secondary N) is 1. The number of thioether (sulfide) groups is 1. The number of aromatic nitrogens is 3. The van der Waals surface area contributed by atoms with Crippen LogP contribution in [0.4, 0.5) is 0 Å². The number of phenolic OH excluding ortho intramolecular Hbond substituents is 1. The SMILES string of the molecule is Cn1c(SCC(=O)NN=Cc2cc(Br)c(O)c(Br)c2)nnc1-c1ccc(Cl)cc1. The van der Waals surface area contributed by atoms with E-state index in [0.717, 1.165) is 5.56 Å². The number of phenols is 1. The van der Waals surface area contributed by atoms with Crippen LogP contribution in [0.15, 0.2) is 55.6 Å². The fourth-order valence-corrected chi connectivity index (χ4v) is 4.34. The maximum Gasteiger partial charge on any atom is 0.250 e. The van der Waals surface area contributed by atoms with E-state index in [9.17, 15) is 9.90 Å². The van der Waals surface area contributed by atoms with Crippen molar-refractivity contribution >= 4 is 67.3 Å². The van der Waals surface area contributed by atoms with Gasteiger partial charge in [0.1, 0.15) is 5.75 Å². The Morgan fingerprint density at radius 2 is 1.93 bits per heavy atom. The summed E-state index contributed by atoms with van der Waals surface area (Å²) in [4.78, 5) is 12.0. The van der Waals surface area contributed by atoms with Gasteiger partial charge in [-0.25, -0.2) is 5.43 Å². The minimum atomic E-state index is -0.279. The average molecular weight is 560 g/mol. The summed E-state index contributed by atoms with van der Waals surface area (Å²) in [5.41, 5.74) is 4.05. The lowest BCUT2D eigenvalue weighted by molar-refractivity contribution is -0.118. The van der Waals surface area contributed by atoms with Crippen LogP contribution in [-0.2, 0) is 11.8 Å². The molecule has 0 aliphatic rings. The van der Waals surface area contributed by atoms with E-state index in [1.807, 2.05) is 23.7 Å². The molecule has 0 fully saturated rings. The summed E-state index contributed by atoms with van der Waals surface area (Å²) in [6, 6.07) is 10.7. The van der Waals surface area contributed by atoms with Crippen molar-refractivity contribution in [2.24, 2.45) is 12.1 Å². The molecular formula is C18H14Br2ClN5O2S. The second-order valence-electron chi connectivity index (χ2n) is 5.79. The van der Waals surface area contributed by atoms with E-state index >= 15 is 0 Å². The Bertz CT molecular complexity index is 1050. The molecule has 0 saturated carbocycles. The number of hydrogen-bond donors (Lipinski definition) is 2. The first kappa shape index (κ1) is 21.8. The highest BCUT2D eigenvalue weighted by Gasteiger charge is 2.13. The van der Waals surface area contributed by atoms with Crippen LogP contribution in [0.5, 0.6) is 5.75 Å². The van der Waals surface area contributed by atoms with Crippen LogP contribution >= 0.6 is 55.2 Å². The number of hydrazone groups is 1. The van der Waals surface area contributed by atoms with Gasteiger partial charge in [0, 0.05) is 17.6 Å². The molecule has 0 bridgehead atoms. The van der Waals surface area contributed by atoms with Crippen molar-refractivity contribution in [3.8, 4) is 17.1 Å². The number of aromatic hydroxyl groups is 1. The van der Waals surface area contributed by atoms with Gasteiger partial charge in [-0.05, 0) is 73.8 Å².